The number of thiol groups is 1. The Balaban J connectivity index is 1.70. The van der Waals surface area contributed by atoms with Crippen molar-refractivity contribution in [1.29, 1.82) is 0 Å². The molecular weight excluding hydrogens is 288 g/mol. The molecule has 0 amide bonds. The first-order valence-corrected chi connectivity index (χ1v) is 9.53. The van der Waals surface area contributed by atoms with Gasteiger partial charge in [-0.2, -0.15) is 0 Å². The molecule has 22 heavy (non-hydrogen) atoms. The third-order valence-corrected chi connectivity index (χ3v) is 8.11. The molecule has 0 saturated heterocycles. The van der Waals surface area contributed by atoms with Gasteiger partial charge in [-0.25, -0.2) is 0 Å². The van der Waals surface area contributed by atoms with Crippen LogP contribution in [0.25, 0.3) is 0 Å². The lowest BCUT2D eigenvalue weighted by Crippen LogP contribution is -2.48. The molecule has 120 valence electrons. The minimum Gasteiger partial charge on any atom is -0.282 e. The third kappa shape index (κ3) is 2.02. The van der Waals surface area contributed by atoms with Crippen LogP contribution in [0.3, 0.4) is 0 Å². The van der Waals surface area contributed by atoms with E-state index in [4.69, 9.17) is 0 Å². The zero-order valence-corrected chi connectivity index (χ0v) is 14.8. The fourth-order valence-corrected chi connectivity index (χ4v) is 6.66. The van der Waals surface area contributed by atoms with E-state index in [2.05, 4.69) is 38.6 Å². The molecule has 0 N–H and O–H groups in total. The molecule has 1 nitrogen and oxygen atoms in total. The van der Waals surface area contributed by atoms with E-state index >= 15 is 0 Å². The van der Waals surface area contributed by atoms with Crippen molar-refractivity contribution in [2.75, 3.05) is 0 Å². The van der Waals surface area contributed by atoms with Crippen molar-refractivity contribution >= 4 is 17.7 Å². The second-order valence-electron chi connectivity index (χ2n) is 8.75. The molecule has 4 aliphatic rings. The highest BCUT2D eigenvalue weighted by Gasteiger charge is 2.55. The molecule has 0 spiro atoms. The quantitative estimate of drug-likeness (QED) is 0.647. The third-order valence-electron chi connectivity index (χ3n) is 7.82. The minimum atomic E-state index is -0.0305. The summed E-state index contributed by atoms with van der Waals surface area (Å²) >= 11 is 4.04. The summed E-state index contributed by atoms with van der Waals surface area (Å²) in [6.07, 6.45) is 15.1. The number of hydrogen-bond donors (Lipinski definition) is 1. The van der Waals surface area contributed by atoms with Gasteiger partial charge in [-0.05, 0) is 79.1 Å². The first kappa shape index (κ1) is 15.1. The van der Waals surface area contributed by atoms with Crippen LogP contribution in [0.15, 0.2) is 23.3 Å². The molecule has 0 heterocycles. The molecule has 0 aromatic rings. The standard InChI is InChI=1S/C20H28OS/c1-19-9-3-4-16(19)15-6-5-14-12-13(18(21)22)7-11-20(14,2)17(15)8-10-19/h5,12,15-17H,3-4,6-11H2,1-2H3,(H,21,22)/t15-,16-,17-,19-,20-/m0/s1. The van der Waals surface area contributed by atoms with Gasteiger partial charge in [0.1, 0.15) is 0 Å². The summed E-state index contributed by atoms with van der Waals surface area (Å²) < 4.78 is 0. The lowest BCUT2D eigenvalue weighted by Gasteiger charge is -2.56. The Hall–Kier alpha value is -0.500. The molecule has 0 unspecified atom stereocenters. The van der Waals surface area contributed by atoms with Crippen molar-refractivity contribution in [1.82, 2.24) is 0 Å². The first-order chi connectivity index (χ1) is 10.4. The molecule has 0 radical (unpaired) electrons. The van der Waals surface area contributed by atoms with Crippen LogP contribution in [0.2, 0.25) is 0 Å². The van der Waals surface area contributed by atoms with Crippen LogP contribution in [-0.2, 0) is 4.79 Å². The van der Waals surface area contributed by atoms with Gasteiger partial charge in [0.2, 0.25) is 5.12 Å². The molecule has 2 fully saturated rings. The number of rotatable bonds is 1. The highest BCUT2D eigenvalue weighted by atomic mass is 32.1. The Morgan fingerprint density at radius 2 is 2.00 bits per heavy atom. The fraction of sp³-hybridized carbons (Fsp3) is 0.750. The van der Waals surface area contributed by atoms with Crippen LogP contribution in [0.1, 0.15) is 65.2 Å². The Kier molecular flexibility index (Phi) is 3.42. The van der Waals surface area contributed by atoms with Crippen LogP contribution in [0.5, 0.6) is 0 Å². The van der Waals surface area contributed by atoms with Crippen LogP contribution in [0, 0.1) is 28.6 Å². The molecule has 4 aliphatic carbocycles. The smallest absolute Gasteiger partial charge is 0.212 e. The summed E-state index contributed by atoms with van der Waals surface area (Å²) in [4.78, 5) is 11.6. The molecule has 2 heteroatoms. The largest absolute Gasteiger partial charge is 0.282 e. The summed E-state index contributed by atoms with van der Waals surface area (Å²) in [5.41, 5.74) is 3.30. The van der Waals surface area contributed by atoms with E-state index in [0.717, 1.165) is 36.2 Å². The first-order valence-electron chi connectivity index (χ1n) is 9.08. The summed E-state index contributed by atoms with van der Waals surface area (Å²) in [5, 5.41) is -0.0305. The normalized spacial score (nSPS) is 47.0. The summed E-state index contributed by atoms with van der Waals surface area (Å²) in [6, 6.07) is 0. The molecule has 5 atom stereocenters. The molecule has 0 aromatic heterocycles. The molecule has 0 bridgehead atoms. The second kappa shape index (κ2) is 5.00. The van der Waals surface area contributed by atoms with Crippen LogP contribution in [0.4, 0.5) is 0 Å². The molecule has 2 saturated carbocycles. The number of fused-ring (bicyclic) bond motifs is 5. The highest BCUT2D eigenvalue weighted by molar-refractivity contribution is 7.97. The van der Waals surface area contributed by atoms with Crippen LogP contribution >= 0.6 is 12.6 Å². The van der Waals surface area contributed by atoms with Crippen molar-refractivity contribution in [2.45, 2.75) is 65.2 Å². The van der Waals surface area contributed by atoms with Crippen LogP contribution in [-0.4, -0.2) is 5.12 Å². The van der Waals surface area contributed by atoms with Gasteiger partial charge in [0.15, 0.2) is 0 Å². The van der Waals surface area contributed by atoms with Gasteiger partial charge in [0, 0.05) is 5.57 Å². The molecule has 4 rings (SSSR count). The van der Waals surface area contributed by atoms with Gasteiger partial charge < -0.3 is 0 Å². The molecule has 0 aliphatic heterocycles. The Labute approximate surface area is 140 Å². The zero-order valence-electron chi connectivity index (χ0n) is 13.9. The Morgan fingerprint density at radius 3 is 2.77 bits per heavy atom. The molecular formula is C20H28OS. The Morgan fingerprint density at radius 1 is 1.18 bits per heavy atom. The minimum absolute atomic E-state index is 0.0305. The van der Waals surface area contributed by atoms with Gasteiger partial charge in [-0.3, -0.25) is 4.79 Å². The molecule has 0 aromatic carbocycles. The van der Waals surface area contributed by atoms with E-state index in [0.29, 0.717) is 10.8 Å². The summed E-state index contributed by atoms with van der Waals surface area (Å²) in [7, 11) is 0. The van der Waals surface area contributed by atoms with Crippen molar-refractivity contribution in [2.24, 2.45) is 28.6 Å². The van der Waals surface area contributed by atoms with E-state index in [1.165, 1.54) is 44.1 Å². The van der Waals surface area contributed by atoms with Crippen molar-refractivity contribution in [3.63, 3.8) is 0 Å². The van der Waals surface area contributed by atoms with Crippen molar-refractivity contribution in [3.05, 3.63) is 23.3 Å². The average Bonchev–Trinajstić information content (AvgIpc) is 2.88. The monoisotopic (exact) mass is 316 g/mol. The van der Waals surface area contributed by atoms with Gasteiger partial charge >= 0.3 is 0 Å². The van der Waals surface area contributed by atoms with E-state index < -0.39 is 0 Å². The number of carbonyl (C=O) groups is 1. The van der Waals surface area contributed by atoms with Crippen LogP contribution < -0.4 is 0 Å². The Bertz CT molecular complexity index is 574. The van der Waals surface area contributed by atoms with E-state index in [-0.39, 0.29) is 5.12 Å². The number of carbonyl (C=O) groups excluding carboxylic acids is 1. The predicted molar refractivity (Wildman–Crippen MR) is 93.8 cm³/mol. The fourth-order valence-electron chi connectivity index (χ4n) is 6.49. The maximum atomic E-state index is 11.6. The lowest BCUT2D eigenvalue weighted by atomic mass is 9.48. The second-order valence-corrected chi connectivity index (χ2v) is 9.16. The highest BCUT2D eigenvalue weighted by Crippen LogP contribution is 2.64. The van der Waals surface area contributed by atoms with Gasteiger partial charge in [-0.1, -0.05) is 32.4 Å². The van der Waals surface area contributed by atoms with E-state index in [1.807, 2.05) is 0 Å². The summed E-state index contributed by atoms with van der Waals surface area (Å²) in [5.74, 6) is 2.66. The van der Waals surface area contributed by atoms with Gasteiger partial charge in [0.05, 0.1) is 0 Å². The van der Waals surface area contributed by atoms with Crippen molar-refractivity contribution < 1.29 is 4.79 Å². The topological polar surface area (TPSA) is 17.1 Å². The van der Waals surface area contributed by atoms with Gasteiger partial charge in [0.25, 0.3) is 0 Å². The number of hydrogen-bond acceptors (Lipinski definition) is 1. The maximum absolute atomic E-state index is 11.6. The summed E-state index contributed by atoms with van der Waals surface area (Å²) in [6.45, 7) is 5.03. The number of allylic oxidation sites excluding steroid dienone is 3. The van der Waals surface area contributed by atoms with Crippen molar-refractivity contribution in [3.8, 4) is 0 Å². The van der Waals surface area contributed by atoms with Gasteiger partial charge in [-0.15, -0.1) is 12.6 Å². The average molecular weight is 317 g/mol. The van der Waals surface area contributed by atoms with E-state index in [1.54, 1.807) is 0 Å². The SMILES string of the molecule is C[C@@]12CCC[C@H]1[C@@H]1CC=C3C=C(C(=O)S)CC[C@]3(C)[C@H]1CC2. The predicted octanol–water partition coefficient (Wildman–Crippen LogP) is 5.33. The lowest BCUT2D eigenvalue weighted by molar-refractivity contribution is -0.108. The van der Waals surface area contributed by atoms with E-state index in [9.17, 15) is 4.79 Å². The maximum Gasteiger partial charge on any atom is 0.212 e. The zero-order chi connectivity index (χ0) is 15.5.